The third-order valence-corrected chi connectivity index (χ3v) is 3.53. The van der Waals surface area contributed by atoms with Crippen LogP contribution in [0.25, 0.3) is 0 Å². The number of hydrogen-bond donors (Lipinski definition) is 0. The van der Waals surface area contributed by atoms with Gasteiger partial charge in [0.2, 0.25) is 0 Å². The number of nitrogens with zero attached hydrogens (tertiary/aromatic N) is 1. The van der Waals surface area contributed by atoms with Gasteiger partial charge >= 0.3 is 5.97 Å². The van der Waals surface area contributed by atoms with Gasteiger partial charge in [0.1, 0.15) is 0 Å². The molecule has 2 atom stereocenters. The number of benzene rings is 1. The number of methoxy groups -OCH3 is 1. The molecule has 0 saturated carbocycles. The minimum absolute atomic E-state index is 0.0406. The van der Waals surface area contributed by atoms with Crippen LogP contribution in [0.2, 0.25) is 0 Å². The summed E-state index contributed by atoms with van der Waals surface area (Å²) in [7, 11) is 3.55. The van der Waals surface area contributed by atoms with Crippen LogP contribution in [0.5, 0.6) is 0 Å². The second kappa shape index (κ2) is 20.7. The topological polar surface area (TPSA) is 29.5 Å². The number of carbonyl (C=O) groups is 1. The summed E-state index contributed by atoms with van der Waals surface area (Å²) in [5.74, 6) is -0.133. The smallest absolute Gasteiger partial charge is 0.310 e. The zero-order valence-corrected chi connectivity index (χ0v) is 18.4. The molecule has 1 heterocycles. The summed E-state index contributed by atoms with van der Waals surface area (Å²) in [5, 5.41) is 0. The van der Waals surface area contributed by atoms with Gasteiger partial charge in [-0.25, -0.2) is 0 Å². The van der Waals surface area contributed by atoms with E-state index in [9.17, 15) is 4.79 Å². The highest BCUT2D eigenvalue weighted by molar-refractivity contribution is 5.73. The van der Waals surface area contributed by atoms with Crippen molar-refractivity contribution in [2.45, 2.75) is 74.3 Å². The summed E-state index contributed by atoms with van der Waals surface area (Å²) in [4.78, 5) is 14.1. The summed E-state index contributed by atoms with van der Waals surface area (Å²) in [6, 6.07) is 10.4. The van der Waals surface area contributed by atoms with E-state index in [2.05, 4.69) is 24.1 Å². The molecule has 1 aromatic rings. The van der Waals surface area contributed by atoms with Gasteiger partial charge in [-0.1, -0.05) is 85.7 Å². The second-order valence-corrected chi connectivity index (χ2v) is 4.61. The normalized spacial score (nSPS) is 18.3. The largest absolute Gasteiger partial charge is 0.469 e. The lowest BCUT2D eigenvalue weighted by atomic mass is 9.85. The first-order chi connectivity index (χ1) is 12.2. The zero-order valence-electron chi connectivity index (χ0n) is 18.4. The molecule has 0 aliphatic carbocycles. The van der Waals surface area contributed by atoms with Crippen molar-refractivity contribution in [3.63, 3.8) is 0 Å². The Bertz CT molecular complexity index is 379. The molecule has 1 saturated heterocycles. The van der Waals surface area contributed by atoms with E-state index in [1.807, 2.05) is 73.6 Å². The average Bonchev–Trinajstić information content (AvgIpc) is 2.73. The Labute approximate surface area is 157 Å². The van der Waals surface area contributed by atoms with Crippen LogP contribution in [0.3, 0.4) is 0 Å². The molecule has 2 rings (SSSR count). The highest BCUT2D eigenvalue weighted by atomic mass is 16.5. The van der Waals surface area contributed by atoms with E-state index in [0.29, 0.717) is 0 Å². The van der Waals surface area contributed by atoms with E-state index in [4.69, 9.17) is 4.74 Å². The van der Waals surface area contributed by atoms with Crippen molar-refractivity contribution in [1.29, 1.82) is 0 Å². The van der Waals surface area contributed by atoms with Crippen LogP contribution in [-0.2, 0) is 9.53 Å². The van der Waals surface area contributed by atoms with E-state index < -0.39 is 0 Å². The Morgan fingerprint density at radius 1 is 0.960 bits per heavy atom. The molecule has 0 amide bonds. The van der Waals surface area contributed by atoms with Gasteiger partial charge in [-0.2, -0.15) is 0 Å². The fourth-order valence-electron chi connectivity index (χ4n) is 2.70. The Hall–Kier alpha value is -1.35. The van der Waals surface area contributed by atoms with E-state index in [1.165, 1.54) is 12.7 Å². The maximum absolute atomic E-state index is 11.8. The van der Waals surface area contributed by atoms with E-state index in [-0.39, 0.29) is 17.9 Å². The molecule has 0 aromatic heterocycles. The molecule has 148 valence electrons. The molecule has 0 bridgehead atoms. The van der Waals surface area contributed by atoms with Gasteiger partial charge in [0.25, 0.3) is 0 Å². The monoisotopic (exact) mass is 353 g/mol. The lowest BCUT2D eigenvalue weighted by Gasteiger charge is -2.38. The molecule has 2 unspecified atom stereocenters. The number of hydrogen-bond acceptors (Lipinski definition) is 3. The van der Waals surface area contributed by atoms with Crippen LogP contribution in [0.1, 0.15) is 79.8 Å². The molecule has 3 heteroatoms. The zero-order chi connectivity index (χ0) is 20.3. The second-order valence-electron chi connectivity index (χ2n) is 4.61. The number of rotatable bonds is 2. The molecule has 0 N–H and O–H groups in total. The summed E-state index contributed by atoms with van der Waals surface area (Å²) >= 11 is 0. The van der Waals surface area contributed by atoms with Crippen LogP contribution in [0, 0.1) is 5.92 Å². The number of esters is 1. The maximum Gasteiger partial charge on any atom is 0.310 e. The Kier molecular flexibility index (Phi) is 23.6. The van der Waals surface area contributed by atoms with Crippen molar-refractivity contribution < 1.29 is 9.53 Å². The van der Waals surface area contributed by atoms with E-state index >= 15 is 0 Å². The van der Waals surface area contributed by atoms with E-state index in [0.717, 1.165) is 19.4 Å². The van der Waals surface area contributed by atoms with Gasteiger partial charge in [-0.3, -0.25) is 9.69 Å². The maximum atomic E-state index is 11.8. The van der Waals surface area contributed by atoms with Crippen molar-refractivity contribution in [3.8, 4) is 0 Å². The molecule has 1 aliphatic rings. The molecule has 25 heavy (non-hydrogen) atoms. The predicted molar refractivity (Wildman–Crippen MR) is 112 cm³/mol. The summed E-state index contributed by atoms with van der Waals surface area (Å²) in [5.41, 5.74) is 1.20. The summed E-state index contributed by atoms with van der Waals surface area (Å²) in [6.45, 7) is 17.0. The Morgan fingerprint density at radius 3 is 1.88 bits per heavy atom. The first kappa shape index (κ1) is 28.5. The molecule has 0 radical (unpaired) electrons. The summed E-state index contributed by atoms with van der Waals surface area (Å²) in [6.07, 6.45) is 1.97. The fourth-order valence-corrected chi connectivity index (χ4v) is 2.70. The molecule has 3 nitrogen and oxygen atoms in total. The lowest BCUT2D eigenvalue weighted by Crippen LogP contribution is -2.40. The minimum atomic E-state index is -0.0922. The first-order valence-electron chi connectivity index (χ1n) is 10.1. The van der Waals surface area contributed by atoms with Crippen molar-refractivity contribution in [1.82, 2.24) is 4.90 Å². The molecule has 0 spiro atoms. The first-order valence-corrected chi connectivity index (χ1v) is 10.1. The van der Waals surface area contributed by atoms with Crippen molar-refractivity contribution in [2.24, 2.45) is 5.92 Å². The average molecular weight is 354 g/mol. The lowest BCUT2D eigenvalue weighted by molar-refractivity contribution is -0.149. The fraction of sp³-hybridized carbons (Fsp3) is 0.682. The highest BCUT2D eigenvalue weighted by Crippen LogP contribution is 2.35. The Morgan fingerprint density at radius 2 is 1.44 bits per heavy atom. The van der Waals surface area contributed by atoms with Crippen molar-refractivity contribution in [2.75, 3.05) is 20.7 Å². The molecular formula is C22H43NO2. The third kappa shape index (κ3) is 10.3. The molecule has 1 aromatic carbocycles. The number of carbonyl (C=O) groups excluding carboxylic acids is 1. The van der Waals surface area contributed by atoms with Crippen LogP contribution in [-0.4, -0.2) is 31.6 Å². The van der Waals surface area contributed by atoms with Gasteiger partial charge in [0, 0.05) is 6.04 Å². The molecule has 1 fully saturated rings. The quantitative estimate of drug-likeness (QED) is 0.580. The minimum Gasteiger partial charge on any atom is -0.469 e. The van der Waals surface area contributed by atoms with Crippen LogP contribution in [0.4, 0.5) is 0 Å². The van der Waals surface area contributed by atoms with Crippen LogP contribution >= 0.6 is 0 Å². The molecule has 1 aliphatic heterocycles. The number of piperidine rings is 1. The van der Waals surface area contributed by atoms with Gasteiger partial charge in [-0.05, 0) is 32.0 Å². The number of ether oxygens (including phenoxy) is 1. The van der Waals surface area contributed by atoms with Gasteiger partial charge in [0.05, 0.1) is 13.0 Å². The summed E-state index contributed by atoms with van der Waals surface area (Å²) < 4.78 is 4.92. The predicted octanol–water partition coefficient (Wildman–Crippen LogP) is 6.35. The van der Waals surface area contributed by atoms with Gasteiger partial charge < -0.3 is 4.74 Å². The van der Waals surface area contributed by atoms with Gasteiger partial charge in [0.15, 0.2) is 0 Å². The van der Waals surface area contributed by atoms with Crippen LogP contribution < -0.4 is 0 Å². The third-order valence-electron chi connectivity index (χ3n) is 3.53. The number of likely N-dealkylation sites (tertiary alicyclic amines) is 1. The molecular weight excluding hydrogens is 310 g/mol. The van der Waals surface area contributed by atoms with Gasteiger partial charge in [-0.15, -0.1) is 0 Å². The van der Waals surface area contributed by atoms with Crippen molar-refractivity contribution in [3.05, 3.63) is 35.9 Å². The standard InChI is InChI=1S/C14H19NO2.4C2H6/c1-15-10-6-9-12(14(16)17-2)13(15)11-7-4-3-5-8-11;4*1-2/h3-5,7-8,12-13H,6,9-10H2,1-2H3;4*1-2H3. The van der Waals surface area contributed by atoms with E-state index in [1.54, 1.807) is 0 Å². The van der Waals surface area contributed by atoms with Crippen LogP contribution in [0.15, 0.2) is 30.3 Å². The van der Waals surface area contributed by atoms with Crippen molar-refractivity contribution >= 4 is 5.97 Å². The SMILES string of the molecule is CC.CC.CC.CC.COC(=O)C1CCCN(C)C1c1ccccc1. The Balaban J connectivity index is -0.000000533. The highest BCUT2D eigenvalue weighted by Gasteiger charge is 2.35.